The maximum Gasteiger partial charge on any atom is 0.255 e. The molecule has 0 atom stereocenters. The summed E-state index contributed by atoms with van der Waals surface area (Å²) in [5.41, 5.74) is 8.10. The van der Waals surface area contributed by atoms with Crippen LogP contribution in [0.4, 0.5) is 11.5 Å². The summed E-state index contributed by atoms with van der Waals surface area (Å²) >= 11 is 13.3. The molecule has 4 rings (SSSR count). The van der Waals surface area contributed by atoms with Gasteiger partial charge >= 0.3 is 0 Å². The predicted octanol–water partition coefficient (Wildman–Crippen LogP) is 6.16. The molecule has 30 heavy (non-hydrogen) atoms. The van der Waals surface area contributed by atoms with E-state index in [2.05, 4.69) is 10.4 Å². The number of anilines is 2. The SMILES string of the molecule is Nc1c(NC(=O)c2ccc(Cl)cc2)c(Sc2ccc(Cl)cc2)nn1-c1ccccc1. The van der Waals surface area contributed by atoms with Gasteiger partial charge in [0.2, 0.25) is 0 Å². The van der Waals surface area contributed by atoms with Crippen LogP contribution in [0.1, 0.15) is 10.4 Å². The molecule has 0 fully saturated rings. The molecule has 1 aromatic heterocycles. The summed E-state index contributed by atoms with van der Waals surface area (Å²) in [5, 5.41) is 9.31. The van der Waals surface area contributed by atoms with E-state index in [1.807, 2.05) is 42.5 Å². The highest BCUT2D eigenvalue weighted by atomic mass is 35.5. The van der Waals surface area contributed by atoms with E-state index in [9.17, 15) is 4.79 Å². The van der Waals surface area contributed by atoms with Gasteiger partial charge in [-0.25, -0.2) is 4.68 Å². The van der Waals surface area contributed by atoms with Gasteiger partial charge in [-0.2, -0.15) is 5.10 Å². The topological polar surface area (TPSA) is 72.9 Å². The Kier molecular flexibility index (Phi) is 5.99. The highest BCUT2D eigenvalue weighted by Gasteiger charge is 2.20. The van der Waals surface area contributed by atoms with Crippen molar-refractivity contribution in [3.63, 3.8) is 0 Å². The molecule has 0 saturated carbocycles. The number of hydrogen-bond donors (Lipinski definition) is 2. The molecule has 0 unspecified atom stereocenters. The fourth-order valence-electron chi connectivity index (χ4n) is 2.77. The van der Waals surface area contributed by atoms with Crippen molar-refractivity contribution in [3.05, 3.63) is 94.5 Å². The lowest BCUT2D eigenvalue weighted by Gasteiger charge is -2.08. The van der Waals surface area contributed by atoms with Crippen LogP contribution in [-0.4, -0.2) is 15.7 Å². The Balaban J connectivity index is 1.72. The number of nitrogens with two attached hydrogens (primary N) is 1. The average Bonchev–Trinajstić information content (AvgIpc) is 3.06. The van der Waals surface area contributed by atoms with Crippen molar-refractivity contribution in [1.82, 2.24) is 9.78 Å². The molecule has 5 nitrogen and oxygen atoms in total. The average molecular weight is 455 g/mol. The third-order valence-corrected chi connectivity index (χ3v) is 5.75. The van der Waals surface area contributed by atoms with Gasteiger partial charge in [0.15, 0.2) is 5.82 Å². The Morgan fingerprint density at radius 3 is 2.13 bits per heavy atom. The van der Waals surface area contributed by atoms with Crippen molar-refractivity contribution in [2.24, 2.45) is 0 Å². The molecule has 3 aromatic carbocycles. The number of rotatable bonds is 5. The molecule has 4 aromatic rings. The number of nitrogens with one attached hydrogen (secondary N) is 1. The number of benzene rings is 3. The number of amides is 1. The maximum absolute atomic E-state index is 12.8. The van der Waals surface area contributed by atoms with Crippen LogP contribution in [0.25, 0.3) is 5.69 Å². The highest BCUT2D eigenvalue weighted by Crippen LogP contribution is 2.38. The number of carbonyl (C=O) groups excluding carboxylic acids is 1. The molecular weight excluding hydrogens is 439 g/mol. The zero-order valence-corrected chi connectivity index (χ0v) is 17.9. The largest absolute Gasteiger partial charge is 0.382 e. The minimum atomic E-state index is -0.302. The Morgan fingerprint density at radius 2 is 1.50 bits per heavy atom. The van der Waals surface area contributed by atoms with E-state index >= 15 is 0 Å². The molecule has 0 spiro atoms. The fourth-order valence-corrected chi connectivity index (χ4v) is 3.89. The minimum absolute atomic E-state index is 0.302. The van der Waals surface area contributed by atoms with E-state index in [0.717, 1.165) is 10.6 Å². The summed E-state index contributed by atoms with van der Waals surface area (Å²) in [4.78, 5) is 13.7. The second-order valence-corrected chi connectivity index (χ2v) is 8.26. The highest BCUT2D eigenvalue weighted by molar-refractivity contribution is 7.99. The van der Waals surface area contributed by atoms with E-state index in [4.69, 9.17) is 28.9 Å². The third-order valence-electron chi connectivity index (χ3n) is 4.26. The predicted molar refractivity (Wildman–Crippen MR) is 123 cm³/mol. The van der Waals surface area contributed by atoms with Crippen molar-refractivity contribution >= 4 is 52.4 Å². The Morgan fingerprint density at radius 1 is 0.900 bits per heavy atom. The van der Waals surface area contributed by atoms with E-state index in [-0.39, 0.29) is 5.91 Å². The first-order chi connectivity index (χ1) is 14.5. The number of carbonyl (C=O) groups is 1. The van der Waals surface area contributed by atoms with Gasteiger partial charge in [0.25, 0.3) is 5.91 Å². The Hall–Kier alpha value is -2.93. The van der Waals surface area contributed by atoms with Crippen molar-refractivity contribution in [2.75, 3.05) is 11.1 Å². The van der Waals surface area contributed by atoms with E-state index in [1.165, 1.54) is 11.8 Å². The van der Waals surface area contributed by atoms with Crippen LogP contribution < -0.4 is 11.1 Å². The van der Waals surface area contributed by atoms with Gasteiger partial charge in [0.05, 0.1) is 5.69 Å². The lowest BCUT2D eigenvalue weighted by Crippen LogP contribution is -2.13. The number of nitrogens with zero attached hydrogens (tertiary/aromatic N) is 2. The lowest BCUT2D eigenvalue weighted by atomic mass is 10.2. The van der Waals surface area contributed by atoms with Crippen LogP contribution in [0.15, 0.2) is 88.8 Å². The van der Waals surface area contributed by atoms with E-state index in [1.54, 1.807) is 41.1 Å². The second-order valence-electron chi connectivity index (χ2n) is 6.33. The van der Waals surface area contributed by atoms with Crippen LogP contribution >= 0.6 is 35.0 Å². The van der Waals surface area contributed by atoms with Crippen molar-refractivity contribution in [2.45, 2.75) is 9.92 Å². The molecular formula is C22H16Cl2N4OS. The summed E-state index contributed by atoms with van der Waals surface area (Å²) in [7, 11) is 0. The van der Waals surface area contributed by atoms with Crippen molar-refractivity contribution in [1.29, 1.82) is 0 Å². The van der Waals surface area contributed by atoms with Gasteiger partial charge in [0.1, 0.15) is 10.7 Å². The van der Waals surface area contributed by atoms with Gasteiger partial charge in [-0.05, 0) is 60.7 Å². The third kappa shape index (κ3) is 4.46. The normalized spacial score (nSPS) is 10.7. The van der Waals surface area contributed by atoms with Crippen LogP contribution in [-0.2, 0) is 0 Å². The first kappa shape index (κ1) is 20.3. The Bertz CT molecular complexity index is 1180. The number of hydrogen-bond acceptors (Lipinski definition) is 4. The molecule has 0 bridgehead atoms. The summed E-state index contributed by atoms with van der Waals surface area (Å²) in [6.07, 6.45) is 0. The second kappa shape index (κ2) is 8.83. The molecule has 150 valence electrons. The Labute approximate surface area is 187 Å². The van der Waals surface area contributed by atoms with Crippen molar-refractivity contribution in [3.8, 4) is 5.69 Å². The van der Waals surface area contributed by atoms with E-state index in [0.29, 0.717) is 32.1 Å². The number of para-hydroxylation sites is 1. The molecule has 0 radical (unpaired) electrons. The zero-order chi connectivity index (χ0) is 21.1. The summed E-state index contributed by atoms with van der Waals surface area (Å²) in [6.45, 7) is 0. The molecule has 1 heterocycles. The van der Waals surface area contributed by atoms with Crippen molar-refractivity contribution < 1.29 is 4.79 Å². The minimum Gasteiger partial charge on any atom is -0.382 e. The van der Waals surface area contributed by atoms with Gasteiger partial charge in [-0.15, -0.1) is 0 Å². The van der Waals surface area contributed by atoms with Crippen LogP contribution in [0, 0.1) is 0 Å². The number of halogens is 2. The van der Waals surface area contributed by atoms with Crippen LogP contribution in [0.3, 0.4) is 0 Å². The molecule has 0 aliphatic heterocycles. The quantitative estimate of drug-likeness (QED) is 0.378. The fraction of sp³-hybridized carbons (Fsp3) is 0. The standard InChI is InChI=1S/C22H16Cl2N4OS/c23-15-8-6-14(7-9-15)21(29)26-19-20(25)28(17-4-2-1-3-5-17)27-22(19)30-18-12-10-16(24)11-13-18/h1-13H,25H2,(H,26,29). The smallest absolute Gasteiger partial charge is 0.255 e. The molecule has 0 saturated heterocycles. The first-order valence-corrected chi connectivity index (χ1v) is 10.5. The van der Waals surface area contributed by atoms with Gasteiger partial charge in [-0.3, -0.25) is 4.79 Å². The number of nitrogen functional groups attached to an aromatic ring is 1. The van der Waals surface area contributed by atoms with Crippen LogP contribution in [0.2, 0.25) is 10.0 Å². The molecule has 1 amide bonds. The first-order valence-electron chi connectivity index (χ1n) is 8.95. The summed E-state index contributed by atoms with van der Waals surface area (Å²) in [5.74, 6) is 0.0314. The van der Waals surface area contributed by atoms with Gasteiger partial charge in [0, 0.05) is 20.5 Å². The molecule has 0 aliphatic carbocycles. The van der Waals surface area contributed by atoms with Crippen LogP contribution in [0.5, 0.6) is 0 Å². The maximum atomic E-state index is 12.8. The lowest BCUT2D eigenvalue weighted by molar-refractivity contribution is 0.102. The molecule has 3 N–H and O–H groups in total. The van der Waals surface area contributed by atoms with Gasteiger partial charge in [-0.1, -0.05) is 53.2 Å². The van der Waals surface area contributed by atoms with E-state index < -0.39 is 0 Å². The molecule has 0 aliphatic rings. The monoisotopic (exact) mass is 454 g/mol. The molecule has 8 heteroatoms. The van der Waals surface area contributed by atoms with Gasteiger partial charge < -0.3 is 11.1 Å². The summed E-state index contributed by atoms with van der Waals surface area (Å²) < 4.78 is 1.61. The zero-order valence-electron chi connectivity index (χ0n) is 15.5. The number of aromatic nitrogens is 2. The summed E-state index contributed by atoms with van der Waals surface area (Å²) in [6, 6.07) is 23.5.